The Morgan fingerprint density at radius 2 is 1.94 bits per heavy atom. The number of benzene rings is 3. The van der Waals surface area contributed by atoms with Gasteiger partial charge in [0.15, 0.2) is 0 Å². The number of carboxylic acid groups (broad SMARTS) is 1. The van der Waals surface area contributed by atoms with E-state index in [1.165, 1.54) is 25.5 Å². The van der Waals surface area contributed by atoms with Gasteiger partial charge in [-0.05, 0) is 64.8 Å². The Bertz CT molecular complexity index is 1350. The third kappa shape index (κ3) is 3.72. The Kier molecular flexibility index (Phi) is 5.10. The zero-order valence-corrected chi connectivity index (χ0v) is 18.2. The minimum absolute atomic E-state index is 0.215. The van der Waals surface area contributed by atoms with Crippen molar-refractivity contribution in [1.29, 1.82) is 5.26 Å². The summed E-state index contributed by atoms with van der Waals surface area (Å²) in [4.78, 5) is 16.2. The highest BCUT2D eigenvalue weighted by Gasteiger charge is 2.33. The van der Waals surface area contributed by atoms with Gasteiger partial charge in [0, 0.05) is 11.1 Å². The lowest BCUT2D eigenvalue weighted by atomic mass is 9.89. The molecule has 164 valence electrons. The molecule has 1 aliphatic carbocycles. The molecule has 0 aromatic heterocycles. The summed E-state index contributed by atoms with van der Waals surface area (Å²) in [6, 6.07) is 19.5. The molecular formula is C27H23N3O3. The third-order valence-corrected chi connectivity index (χ3v) is 6.36. The van der Waals surface area contributed by atoms with Crippen molar-refractivity contribution < 1.29 is 14.6 Å². The number of amidine groups is 1. The molecule has 3 aromatic rings. The summed E-state index contributed by atoms with van der Waals surface area (Å²) in [5.41, 5.74) is 13.0. The lowest BCUT2D eigenvalue weighted by molar-refractivity contribution is -0.136. The van der Waals surface area contributed by atoms with E-state index in [0.717, 1.165) is 22.3 Å². The van der Waals surface area contributed by atoms with Crippen LogP contribution in [0.1, 0.15) is 58.2 Å². The van der Waals surface area contributed by atoms with Crippen LogP contribution in [0.15, 0.2) is 59.6 Å². The van der Waals surface area contributed by atoms with Gasteiger partial charge in [-0.25, -0.2) is 0 Å². The van der Waals surface area contributed by atoms with Gasteiger partial charge in [0.05, 0.1) is 19.1 Å². The number of fused-ring (bicyclic) bond motifs is 1. The van der Waals surface area contributed by atoms with Gasteiger partial charge < -0.3 is 15.6 Å². The molecule has 0 bridgehead atoms. The number of nitrogens with zero attached hydrogens (tertiary/aromatic N) is 2. The summed E-state index contributed by atoms with van der Waals surface area (Å²) in [6.07, 6.45) is 2.12. The number of ether oxygens (including phenoxy) is 1. The second-order valence-corrected chi connectivity index (χ2v) is 8.52. The number of hydrogen-bond acceptors (Lipinski definition) is 5. The van der Waals surface area contributed by atoms with Gasteiger partial charge in [-0.2, -0.15) is 5.26 Å². The van der Waals surface area contributed by atoms with E-state index in [1.807, 2.05) is 24.3 Å². The van der Waals surface area contributed by atoms with Crippen LogP contribution < -0.4 is 10.5 Å². The predicted octanol–water partition coefficient (Wildman–Crippen LogP) is 4.55. The van der Waals surface area contributed by atoms with Crippen LogP contribution in [0, 0.1) is 11.3 Å². The highest BCUT2D eigenvalue weighted by Crippen LogP contribution is 2.46. The van der Waals surface area contributed by atoms with Crippen LogP contribution in [0.25, 0.3) is 11.1 Å². The fourth-order valence-corrected chi connectivity index (χ4v) is 4.70. The lowest BCUT2D eigenvalue weighted by Gasteiger charge is -2.15. The van der Waals surface area contributed by atoms with Gasteiger partial charge in [0.2, 0.25) is 0 Å². The fraction of sp³-hybridized carbons (Fsp3) is 0.222. The molecule has 1 saturated carbocycles. The third-order valence-electron chi connectivity index (χ3n) is 6.36. The first-order valence-electron chi connectivity index (χ1n) is 10.9. The quantitative estimate of drug-likeness (QED) is 0.588. The molecule has 0 spiro atoms. The molecule has 1 heterocycles. The van der Waals surface area contributed by atoms with Gasteiger partial charge in [0.25, 0.3) is 0 Å². The lowest BCUT2D eigenvalue weighted by Crippen LogP contribution is -2.12. The molecule has 1 fully saturated rings. The second-order valence-electron chi connectivity index (χ2n) is 8.52. The zero-order chi connectivity index (χ0) is 23.1. The van der Waals surface area contributed by atoms with Crippen molar-refractivity contribution in [3.63, 3.8) is 0 Å². The molecule has 0 saturated heterocycles. The Morgan fingerprint density at radius 1 is 1.18 bits per heavy atom. The summed E-state index contributed by atoms with van der Waals surface area (Å²) in [6.45, 7) is 0. The molecule has 5 rings (SSSR count). The van der Waals surface area contributed by atoms with Crippen molar-refractivity contribution in [2.75, 3.05) is 7.11 Å². The van der Waals surface area contributed by atoms with E-state index in [0.29, 0.717) is 34.2 Å². The molecule has 3 aromatic carbocycles. The Labute approximate surface area is 192 Å². The number of carbonyl (C=O) groups is 1. The topological polar surface area (TPSA) is 109 Å². The SMILES string of the molecule is COc1cc(CC(=O)O)c(C#N)c(-c2cccc(C3N=C(N)c4c(C5CC5)cccc43)c2)c1. The van der Waals surface area contributed by atoms with Crippen molar-refractivity contribution in [2.24, 2.45) is 10.7 Å². The van der Waals surface area contributed by atoms with Crippen LogP contribution in [0.2, 0.25) is 0 Å². The largest absolute Gasteiger partial charge is 0.497 e. The predicted molar refractivity (Wildman–Crippen MR) is 125 cm³/mol. The first-order chi connectivity index (χ1) is 16.0. The van der Waals surface area contributed by atoms with Crippen molar-refractivity contribution in [3.8, 4) is 22.9 Å². The van der Waals surface area contributed by atoms with Gasteiger partial charge in [-0.3, -0.25) is 9.79 Å². The average Bonchev–Trinajstić information content (AvgIpc) is 3.61. The molecule has 6 nitrogen and oxygen atoms in total. The molecule has 2 aliphatic rings. The number of carboxylic acids is 1. The minimum Gasteiger partial charge on any atom is -0.497 e. The fourth-order valence-electron chi connectivity index (χ4n) is 4.70. The maximum absolute atomic E-state index is 11.4. The smallest absolute Gasteiger partial charge is 0.307 e. The monoisotopic (exact) mass is 437 g/mol. The van der Waals surface area contributed by atoms with E-state index >= 15 is 0 Å². The van der Waals surface area contributed by atoms with Crippen molar-refractivity contribution in [3.05, 3.63) is 88.0 Å². The highest BCUT2D eigenvalue weighted by molar-refractivity contribution is 6.03. The van der Waals surface area contributed by atoms with E-state index in [4.69, 9.17) is 15.5 Å². The normalized spacial score (nSPS) is 16.6. The molecule has 1 atom stereocenters. The van der Waals surface area contributed by atoms with Crippen molar-refractivity contribution in [1.82, 2.24) is 0 Å². The molecular weight excluding hydrogens is 414 g/mol. The molecule has 33 heavy (non-hydrogen) atoms. The van der Waals surface area contributed by atoms with E-state index in [9.17, 15) is 15.2 Å². The number of methoxy groups -OCH3 is 1. The molecule has 3 N–H and O–H groups in total. The first-order valence-corrected chi connectivity index (χ1v) is 10.9. The average molecular weight is 437 g/mol. The molecule has 0 amide bonds. The molecule has 6 heteroatoms. The Balaban J connectivity index is 1.61. The van der Waals surface area contributed by atoms with Gasteiger partial charge in [0.1, 0.15) is 23.7 Å². The number of aliphatic imine (C=N–C) groups is 1. The van der Waals surface area contributed by atoms with Gasteiger partial charge >= 0.3 is 5.97 Å². The van der Waals surface area contributed by atoms with Crippen molar-refractivity contribution in [2.45, 2.75) is 31.2 Å². The summed E-state index contributed by atoms with van der Waals surface area (Å²) < 4.78 is 5.39. The number of hydrogen-bond donors (Lipinski definition) is 2. The summed E-state index contributed by atoms with van der Waals surface area (Å²) in [7, 11) is 1.52. The van der Waals surface area contributed by atoms with Crippen LogP contribution in [0.3, 0.4) is 0 Å². The van der Waals surface area contributed by atoms with Crippen LogP contribution in [0.4, 0.5) is 0 Å². The number of nitriles is 1. The van der Waals surface area contributed by atoms with E-state index < -0.39 is 5.97 Å². The van der Waals surface area contributed by atoms with Crippen LogP contribution >= 0.6 is 0 Å². The molecule has 1 unspecified atom stereocenters. The van der Waals surface area contributed by atoms with Crippen LogP contribution in [-0.2, 0) is 11.2 Å². The first kappa shape index (κ1) is 20.8. The van der Waals surface area contributed by atoms with E-state index in [2.05, 4.69) is 24.3 Å². The van der Waals surface area contributed by atoms with Gasteiger partial charge in [-0.1, -0.05) is 36.4 Å². The van der Waals surface area contributed by atoms with Crippen molar-refractivity contribution >= 4 is 11.8 Å². The van der Waals surface area contributed by atoms with Crippen LogP contribution in [-0.4, -0.2) is 24.0 Å². The van der Waals surface area contributed by atoms with E-state index in [1.54, 1.807) is 12.1 Å². The maximum atomic E-state index is 11.4. The summed E-state index contributed by atoms with van der Waals surface area (Å²) >= 11 is 0. The molecule has 1 aliphatic heterocycles. The minimum atomic E-state index is -1.00. The maximum Gasteiger partial charge on any atom is 0.307 e. The molecule has 0 radical (unpaired) electrons. The standard InChI is InChI=1S/C27H23N3O3/c1-33-19-11-18(12-24(31)32)23(14-28)22(13-19)16-4-2-5-17(10-16)26-21-7-3-6-20(15-8-9-15)25(21)27(29)30-26/h2-7,10-11,13,15,26H,8-9,12H2,1H3,(H2,29,30)(H,31,32). The van der Waals surface area contributed by atoms with Gasteiger partial charge in [-0.15, -0.1) is 0 Å². The highest BCUT2D eigenvalue weighted by atomic mass is 16.5. The Morgan fingerprint density at radius 3 is 2.64 bits per heavy atom. The second kappa shape index (κ2) is 8.10. The zero-order valence-electron chi connectivity index (χ0n) is 18.2. The number of aliphatic carboxylic acids is 1. The summed E-state index contributed by atoms with van der Waals surface area (Å²) in [5, 5.41) is 19.2. The summed E-state index contributed by atoms with van der Waals surface area (Å²) in [5.74, 6) is 0.652. The number of rotatable bonds is 6. The van der Waals surface area contributed by atoms with Crippen LogP contribution in [0.5, 0.6) is 5.75 Å². The number of nitrogens with two attached hydrogens (primary N) is 1. The van der Waals surface area contributed by atoms with E-state index in [-0.39, 0.29) is 12.5 Å². The Hall–Kier alpha value is -4.11.